The third-order valence-electron chi connectivity index (χ3n) is 5.20. The van der Waals surface area contributed by atoms with E-state index in [-0.39, 0.29) is 11.9 Å². The summed E-state index contributed by atoms with van der Waals surface area (Å²) in [6.07, 6.45) is 5.55. The molecular weight excluding hydrogens is 216 g/mol. The van der Waals surface area contributed by atoms with Crippen LogP contribution in [0.4, 0.5) is 0 Å². The summed E-state index contributed by atoms with van der Waals surface area (Å²) >= 11 is 0. The van der Waals surface area contributed by atoms with Crippen molar-refractivity contribution in [1.29, 1.82) is 0 Å². The van der Waals surface area contributed by atoms with Gasteiger partial charge in [0.05, 0.1) is 18.1 Å². The molecule has 2 atom stereocenters. The van der Waals surface area contributed by atoms with Crippen molar-refractivity contribution in [3.8, 4) is 0 Å². The Hall–Kier alpha value is -0.570. The minimum absolute atomic E-state index is 0.206. The average molecular weight is 240 g/mol. The highest BCUT2D eigenvalue weighted by Crippen LogP contribution is 2.64. The summed E-state index contributed by atoms with van der Waals surface area (Å²) in [4.78, 5) is 12.0. The van der Waals surface area contributed by atoms with E-state index >= 15 is 0 Å². The van der Waals surface area contributed by atoms with Gasteiger partial charge in [-0.3, -0.25) is 4.79 Å². The van der Waals surface area contributed by atoms with E-state index in [9.17, 15) is 9.90 Å². The second-order valence-corrected chi connectivity index (χ2v) is 5.95. The number of esters is 1. The molecule has 0 aromatic carbocycles. The lowest BCUT2D eigenvalue weighted by Crippen LogP contribution is -2.48. The summed E-state index contributed by atoms with van der Waals surface area (Å²) in [5.41, 5.74) is -1.41. The fourth-order valence-corrected chi connectivity index (χ4v) is 3.74. The number of ether oxygens (including phenoxy) is 1. The van der Waals surface area contributed by atoms with Gasteiger partial charge in [0, 0.05) is 0 Å². The maximum atomic E-state index is 12.0. The molecule has 0 amide bonds. The molecule has 1 N–H and O–H groups in total. The largest absolute Gasteiger partial charge is 0.468 e. The van der Waals surface area contributed by atoms with Crippen LogP contribution in [0.3, 0.4) is 0 Å². The Morgan fingerprint density at radius 1 is 1.41 bits per heavy atom. The van der Waals surface area contributed by atoms with Gasteiger partial charge < -0.3 is 9.84 Å². The third kappa shape index (κ3) is 1.79. The van der Waals surface area contributed by atoms with Crippen LogP contribution in [0.15, 0.2) is 0 Å². The molecule has 0 aromatic heterocycles. The maximum Gasteiger partial charge on any atom is 0.315 e. The molecule has 0 saturated heterocycles. The number of aliphatic hydroxyl groups is 1. The van der Waals surface area contributed by atoms with Crippen molar-refractivity contribution in [3.63, 3.8) is 0 Å². The third-order valence-corrected chi connectivity index (χ3v) is 5.20. The van der Waals surface area contributed by atoms with Crippen molar-refractivity contribution in [3.05, 3.63) is 0 Å². The lowest BCUT2D eigenvalue weighted by molar-refractivity contribution is -0.165. The Morgan fingerprint density at radius 2 is 1.94 bits per heavy atom. The Labute approximate surface area is 104 Å². The topological polar surface area (TPSA) is 46.5 Å². The molecule has 3 nitrogen and oxygen atoms in total. The SMILES string of the molecule is CCC1CCC(O)(C2(C(=O)OC)CC2C)CC1. The van der Waals surface area contributed by atoms with Crippen LogP contribution in [-0.2, 0) is 9.53 Å². The average Bonchev–Trinajstić information content (AvgIpc) is 3.03. The fraction of sp³-hybridized carbons (Fsp3) is 0.929. The smallest absolute Gasteiger partial charge is 0.315 e. The van der Waals surface area contributed by atoms with Gasteiger partial charge in [0.25, 0.3) is 0 Å². The summed E-state index contributed by atoms with van der Waals surface area (Å²) < 4.78 is 4.92. The Bertz CT molecular complexity index is 305. The van der Waals surface area contributed by atoms with Gasteiger partial charge in [0.2, 0.25) is 0 Å². The first-order valence-electron chi connectivity index (χ1n) is 6.81. The van der Waals surface area contributed by atoms with Crippen LogP contribution in [0.2, 0.25) is 0 Å². The number of methoxy groups -OCH3 is 1. The predicted octanol–water partition coefficient (Wildman–Crippen LogP) is 2.52. The molecule has 0 radical (unpaired) electrons. The van der Waals surface area contributed by atoms with E-state index in [0.717, 1.165) is 38.0 Å². The molecular formula is C14H24O3. The van der Waals surface area contributed by atoms with Crippen LogP contribution in [0, 0.1) is 17.3 Å². The minimum atomic E-state index is -0.814. The van der Waals surface area contributed by atoms with Crippen LogP contribution < -0.4 is 0 Å². The van der Waals surface area contributed by atoms with Crippen molar-refractivity contribution in [1.82, 2.24) is 0 Å². The number of carbonyl (C=O) groups excluding carboxylic acids is 1. The second kappa shape index (κ2) is 4.27. The predicted molar refractivity (Wildman–Crippen MR) is 65.4 cm³/mol. The summed E-state index contributed by atoms with van der Waals surface area (Å²) in [7, 11) is 1.43. The lowest BCUT2D eigenvalue weighted by Gasteiger charge is -2.41. The van der Waals surface area contributed by atoms with Gasteiger partial charge in [0.1, 0.15) is 0 Å². The molecule has 3 heteroatoms. The van der Waals surface area contributed by atoms with Crippen molar-refractivity contribution >= 4 is 5.97 Å². The molecule has 0 aromatic rings. The molecule has 2 saturated carbocycles. The summed E-state index contributed by atoms with van der Waals surface area (Å²) in [5, 5.41) is 10.8. The van der Waals surface area contributed by atoms with E-state index in [1.807, 2.05) is 6.92 Å². The first-order chi connectivity index (χ1) is 8.00. The molecule has 2 unspecified atom stereocenters. The number of carbonyl (C=O) groups is 1. The highest BCUT2D eigenvalue weighted by molar-refractivity contribution is 5.82. The molecule has 0 bridgehead atoms. The molecule has 0 aliphatic heterocycles. The van der Waals surface area contributed by atoms with Crippen LogP contribution in [0.1, 0.15) is 52.4 Å². The van der Waals surface area contributed by atoms with Crippen LogP contribution >= 0.6 is 0 Å². The van der Waals surface area contributed by atoms with Crippen molar-refractivity contribution < 1.29 is 14.6 Å². The highest BCUT2D eigenvalue weighted by atomic mass is 16.5. The molecule has 0 heterocycles. The van der Waals surface area contributed by atoms with Gasteiger partial charge >= 0.3 is 5.97 Å². The molecule has 17 heavy (non-hydrogen) atoms. The zero-order chi connectivity index (χ0) is 12.7. The molecule has 2 fully saturated rings. The quantitative estimate of drug-likeness (QED) is 0.771. The first kappa shape index (κ1) is 12.9. The van der Waals surface area contributed by atoms with Crippen molar-refractivity contribution in [2.75, 3.05) is 7.11 Å². The second-order valence-electron chi connectivity index (χ2n) is 5.95. The Morgan fingerprint density at radius 3 is 2.29 bits per heavy atom. The van der Waals surface area contributed by atoms with Crippen LogP contribution in [0.5, 0.6) is 0 Å². The van der Waals surface area contributed by atoms with E-state index in [1.165, 1.54) is 13.5 Å². The van der Waals surface area contributed by atoms with E-state index < -0.39 is 11.0 Å². The highest BCUT2D eigenvalue weighted by Gasteiger charge is 2.69. The number of hydrogen-bond donors (Lipinski definition) is 1. The van der Waals surface area contributed by atoms with Crippen molar-refractivity contribution in [2.45, 2.75) is 58.0 Å². The monoisotopic (exact) mass is 240 g/mol. The van der Waals surface area contributed by atoms with E-state index in [2.05, 4.69) is 6.92 Å². The van der Waals surface area contributed by atoms with Gasteiger partial charge in [0.15, 0.2) is 0 Å². The van der Waals surface area contributed by atoms with E-state index in [1.54, 1.807) is 0 Å². The Balaban J connectivity index is 2.13. The first-order valence-corrected chi connectivity index (χ1v) is 6.81. The van der Waals surface area contributed by atoms with Crippen LogP contribution in [0.25, 0.3) is 0 Å². The molecule has 0 spiro atoms. The van der Waals surface area contributed by atoms with Gasteiger partial charge in [-0.2, -0.15) is 0 Å². The fourth-order valence-electron chi connectivity index (χ4n) is 3.74. The number of hydrogen-bond acceptors (Lipinski definition) is 3. The van der Waals surface area contributed by atoms with Crippen LogP contribution in [-0.4, -0.2) is 23.8 Å². The zero-order valence-corrected chi connectivity index (χ0v) is 11.2. The molecule has 2 aliphatic carbocycles. The zero-order valence-electron chi connectivity index (χ0n) is 11.2. The van der Waals surface area contributed by atoms with Gasteiger partial charge in [-0.1, -0.05) is 20.3 Å². The lowest BCUT2D eigenvalue weighted by atomic mass is 9.69. The molecule has 2 aliphatic rings. The van der Waals surface area contributed by atoms with Gasteiger partial charge in [-0.15, -0.1) is 0 Å². The van der Waals surface area contributed by atoms with Gasteiger partial charge in [-0.05, 0) is 43.9 Å². The number of rotatable bonds is 3. The summed E-state index contributed by atoms with van der Waals surface area (Å²) in [6.45, 7) is 4.24. The normalized spacial score (nSPS) is 45.4. The van der Waals surface area contributed by atoms with Crippen molar-refractivity contribution in [2.24, 2.45) is 17.3 Å². The van der Waals surface area contributed by atoms with E-state index in [0.29, 0.717) is 0 Å². The minimum Gasteiger partial charge on any atom is -0.468 e. The van der Waals surface area contributed by atoms with E-state index in [4.69, 9.17) is 4.74 Å². The van der Waals surface area contributed by atoms with Gasteiger partial charge in [-0.25, -0.2) is 0 Å². The maximum absolute atomic E-state index is 12.0. The summed E-state index contributed by atoms with van der Waals surface area (Å²) in [6, 6.07) is 0. The summed E-state index contributed by atoms with van der Waals surface area (Å²) in [5.74, 6) is 0.777. The molecule has 2 rings (SSSR count). The Kier molecular flexibility index (Phi) is 3.23. The molecule has 98 valence electrons. The standard InChI is InChI=1S/C14H24O3/c1-4-11-5-7-13(16,8-6-11)14(9-10(14)2)12(15)17-3/h10-11,16H,4-9H2,1-3H3.